The number of benzene rings is 6. The Morgan fingerprint density at radius 1 is 0.408 bits per heavy atom. The van der Waals surface area contributed by atoms with Crippen LogP contribution < -0.4 is 0 Å². The minimum Gasteiger partial charge on any atom is -0.308 e. The molecule has 0 aliphatic carbocycles. The summed E-state index contributed by atoms with van der Waals surface area (Å²) in [6.45, 7) is 0. The number of nitrogens with zero attached hydrogens (tertiary/aromatic N) is 7. The Balaban J connectivity index is 1.46. The van der Waals surface area contributed by atoms with Crippen molar-refractivity contribution in [1.29, 1.82) is 15.8 Å². The first-order valence-corrected chi connectivity index (χ1v) is 15.5. The lowest BCUT2D eigenvalue weighted by atomic mass is 10.0. The summed E-state index contributed by atoms with van der Waals surface area (Å²) in [5, 5.41) is 30.7. The largest absolute Gasteiger partial charge is 0.308 e. The summed E-state index contributed by atoms with van der Waals surface area (Å²) in [4.78, 5) is 15.0. The smallest absolute Gasteiger partial charge is 0.166 e. The van der Waals surface area contributed by atoms with Crippen molar-refractivity contribution in [3.8, 4) is 69.2 Å². The molecule has 0 bridgehead atoms. The number of hydrogen-bond acceptors (Lipinski definition) is 6. The van der Waals surface area contributed by atoms with Crippen LogP contribution in [0.2, 0.25) is 0 Å². The molecule has 0 aliphatic heterocycles. The second-order valence-electron chi connectivity index (χ2n) is 11.5. The fourth-order valence-electron chi connectivity index (χ4n) is 6.17. The van der Waals surface area contributed by atoms with Gasteiger partial charge >= 0.3 is 0 Å². The van der Waals surface area contributed by atoms with Gasteiger partial charge in [0.1, 0.15) is 0 Å². The van der Waals surface area contributed by atoms with Crippen molar-refractivity contribution in [1.82, 2.24) is 19.5 Å². The molecule has 0 saturated heterocycles. The monoisotopic (exact) mass is 625 g/mol. The molecule has 8 aromatic rings. The Kier molecular flexibility index (Phi) is 7.16. The first kappa shape index (κ1) is 29.0. The third-order valence-electron chi connectivity index (χ3n) is 8.55. The summed E-state index contributed by atoms with van der Waals surface area (Å²) >= 11 is 0. The van der Waals surface area contributed by atoms with E-state index in [-0.39, 0.29) is 0 Å². The highest BCUT2D eigenvalue weighted by Crippen LogP contribution is 2.39. The van der Waals surface area contributed by atoms with Gasteiger partial charge in [-0.15, -0.1) is 0 Å². The van der Waals surface area contributed by atoms with Crippen LogP contribution in [0.5, 0.6) is 0 Å². The first-order chi connectivity index (χ1) is 24.1. The Morgan fingerprint density at radius 2 is 0.878 bits per heavy atom. The first-order valence-electron chi connectivity index (χ1n) is 15.5. The Labute approximate surface area is 281 Å². The van der Waals surface area contributed by atoms with E-state index in [0.29, 0.717) is 34.2 Å². The zero-order chi connectivity index (χ0) is 33.3. The quantitative estimate of drug-likeness (QED) is 0.188. The Bertz CT molecular complexity index is 2540. The third-order valence-corrected chi connectivity index (χ3v) is 8.55. The maximum Gasteiger partial charge on any atom is 0.166 e. The average Bonchev–Trinajstić information content (AvgIpc) is 3.50. The molecule has 0 unspecified atom stereocenters. The zero-order valence-corrected chi connectivity index (χ0v) is 25.9. The predicted molar refractivity (Wildman–Crippen MR) is 190 cm³/mol. The molecule has 0 atom stereocenters. The van der Waals surface area contributed by atoms with Gasteiger partial charge in [0, 0.05) is 27.5 Å². The van der Waals surface area contributed by atoms with Crippen LogP contribution in [0.25, 0.3) is 72.8 Å². The van der Waals surface area contributed by atoms with Gasteiger partial charge in [-0.2, -0.15) is 15.8 Å². The number of nitriles is 3. The summed E-state index contributed by atoms with van der Waals surface area (Å²) in [6.07, 6.45) is 0. The van der Waals surface area contributed by atoms with Gasteiger partial charge in [0.2, 0.25) is 0 Å². The van der Waals surface area contributed by atoms with Gasteiger partial charge < -0.3 is 4.57 Å². The van der Waals surface area contributed by atoms with Gasteiger partial charge in [0.05, 0.1) is 51.6 Å². The number of hydrogen-bond donors (Lipinski definition) is 0. The molecule has 0 fully saturated rings. The van der Waals surface area contributed by atoms with Crippen LogP contribution in [-0.4, -0.2) is 19.5 Å². The highest BCUT2D eigenvalue weighted by Gasteiger charge is 2.21. The second kappa shape index (κ2) is 12.1. The van der Waals surface area contributed by atoms with Gasteiger partial charge in [0.25, 0.3) is 0 Å². The van der Waals surface area contributed by atoms with Crippen LogP contribution in [0, 0.1) is 34.0 Å². The third kappa shape index (κ3) is 5.22. The molecule has 49 heavy (non-hydrogen) atoms. The van der Waals surface area contributed by atoms with Gasteiger partial charge in [0.15, 0.2) is 17.5 Å². The fraction of sp³-hybridized carbons (Fsp3) is 0. The van der Waals surface area contributed by atoms with Crippen molar-refractivity contribution >= 4 is 21.8 Å². The summed E-state index contributed by atoms with van der Waals surface area (Å²) in [5.41, 5.74) is 8.53. The number of aromatic nitrogens is 4. The average molecular weight is 626 g/mol. The molecule has 2 aromatic heterocycles. The standard InChI is InChI=1S/C42H23N7/c43-24-27-11-15-30(16-12-27)33-17-18-34(42-47-40(31-7-3-1-4-8-31)46-41(48-42)32-9-5-2-6-10-32)39(23-33)49-37-19-13-28(25-44)21-35(37)36-22-29(26-45)14-20-38(36)49/h1-23H. The fourth-order valence-corrected chi connectivity index (χ4v) is 6.17. The van der Waals surface area contributed by atoms with Crippen LogP contribution in [0.4, 0.5) is 0 Å². The SMILES string of the molecule is N#Cc1ccc(-c2ccc(-c3nc(-c4ccccc4)nc(-c4ccccc4)n3)c(-n3c4ccc(C#N)cc4c4cc(C#N)ccc43)c2)cc1. The van der Waals surface area contributed by atoms with Crippen molar-refractivity contribution in [2.24, 2.45) is 0 Å². The lowest BCUT2D eigenvalue weighted by Crippen LogP contribution is -2.04. The van der Waals surface area contributed by atoms with Crippen LogP contribution in [0.3, 0.4) is 0 Å². The van der Waals surface area contributed by atoms with Crippen molar-refractivity contribution in [2.75, 3.05) is 0 Å². The maximum atomic E-state index is 9.77. The van der Waals surface area contributed by atoms with E-state index in [1.807, 2.05) is 109 Å². The van der Waals surface area contributed by atoms with E-state index in [1.165, 1.54) is 0 Å². The number of fused-ring (bicyclic) bond motifs is 3. The maximum absolute atomic E-state index is 9.77. The molecule has 226 valence electrons. The predicted octanol–water partition coefficient (Wildman–Crippen LogP) is 9.25. The van der Waals surface area contributed by atoms with E-state index < -0.39 is 0 Å². The molecule has 8 rings (SSSR count). The lowest BCUT2D eigenvalue weighted by molar-refractivity contribution is 1.06. The van der Waals surface area contributed by atoms with Crippen LogP contribution >= 0.6 is 0 Å². The molecular formula is C42H23N7. The summed E-state index contributed by atoms with van der Waals surface area (Å²) in [7, 11) is 0. The van der Waals surface area contributed by atoms with Gasteiger partial charge in [-0.05, 0) is 71.8 Å². The van der Waals surface area contributed by atoms with Crippen molar-refractivity contribution < 1.29 is 0 Å². The van der Waals surface area contributed by atoms with Gasteiger partial charge in [-0.1, -0.05) is 78.9 Å². The molecule has 0 spiro atoms. The van der Waals surface area contributed by atoms with Crippen LogP contribution in [-0.2, 0) is 0 Å². The van der Waals surface area contributed by atoms with E-state index in [4.69, 9.17) is 15.0 Å². The molecule has 0 aliphatic rings. The van der Waals surface area contributed by atoms with Crippen molar-refractivity contribution in [3.63, 3.8) is 0 Å². The van der Waals surface area contributed by atoms with Gasteiger partial charge in [-0.3, -0.25) is 0 Å². The molecule has 0 saturated carbocycles. The number of rotatable bonds is 5. The lowest BCUT2D eigenvalue weighted by Gasteiger charge is -2.16. The molecule has 0 amide bonds. The minimum absolute atomic E-state index is 0.492. The van der Waals surface area contributed by atoms with Gasteiger partial charge in [-0.25, -0.2) is 15.0 Å². The van der Waals surface area contributed by atoms with E-state index in [0.717, 1.165) is 55.3 Å². The summed E-state index contributed by atoms with van der Waals surface area (Å²) in [5.74, 6) is 1.59. The molecule has 6 aromatic carbocycles. The molecule has 0 N–H and O–H groups in total. The van der Waals surface area contributed by atoms with Crippen molar-refractivity contribution in [3.05, 3.63) is 156 Å². The molecule has 7 heteroatoms. The molecule has 7 nitrogen and oxygen atoms in total. The Hall–Kier alpha value is -7.40. The van der Waals surface area contributed by atoms with E-state index in [1.54, 1.807) is 24.3 Å². The highest BCUT2D eigenvalue weighted by atomic mass is 15.1. The molecule has 2 heterocycles. The molecule has 0 radical (unpaired) electrons. The topological polar surface area (TPSA) is 115 Å². The van der Waals surface area contributed by atoms with E-state index in [9.17, 15) is 15.8 Å². The Morgan fingerprint density at radius 3 is 1.39 bits per heavy atom. The second-order valence-corrected chi connectivity index (χ2v) is 11.5. The summed E-state index contributed by atoms with van der Waals surface area (Å²) < 4.78 is 2.14. The molecular weight excluding hydrogens is 603 g/mol. The normalized spacial score (nSPS) is 10.8. The van der Waals surface area contributed by atoms with Crippen LogP contribution in [0.1, 0.15) is 16.7 Å². The van der Waals surface area contributed by atoms with Crippen LogP contribution in [0.15, 0.2) is 140 Å². The van der Waals surface area contributed by atoms with E-state index in [2.05, 4.69) is 28.8 Å². The zero-order valence-electron chi connectivity index (χ0n) is 25.9. The highest BCUT2D eigenvalue weighted by molar-refractivity contribution is 6.10. The minimum atomic E-state index is 0.492. The summed E-state index contributed by atoms with van der Waals surface area (Å²) in [6, 6.07) is 51.2. The van der Waals surface area contributed by atoms with E-state index >= 15 is 0 Å². The van der Waals surface area contributed by atoms with Crippen molar-refractivity contribution in [2.45, 2.75) is 0 Å².